The fourth-order valence-electron chi connectivity index (χ4n) is 1.52. The number of hydrogen-bond donors (Lipinski definition) is 1. The Morgan fingerprint density at radius 2 is 1.84 bits per heavy atom. The SMILES string of the molecule is Cc1cc(OC(CC(=O)O)C(F)(F)F)cc(C)c1Cl. The molecule has 0 spiro atoms. The van der Waals surface area contributed by atoms with E-state index in [0.717, 1.165) is 0 Å². The molecule has 1 aromatic rings. The van der Waals surface area contributed by atoms with Gasteiger partial charge in [0, 0.05) is 5.02 Å². The molecule has 1 unspecified atom stereocenters. The summed E-state index contributed by atoms with van der Waals surface area (Å²) in [4.78, 5) is 10.4. The molecule has 0 bridgehead atoms. The van der Waals surface area contributed by atoms with Gasteiger partial charge in [-0.1, -0.05) is 11.6 Å². The Morgan fingerprint density at radius 1 is 1.37 bits per heavy atom. The Balaban J connectivity index is 3.00. The van der Waals surface area contributed by atoms with Gasteiger partial charge < -0.3 is 9.84 Å². The number of aryl methyl sites for hydroxylation is 2. The van der Waals surface area contributed by atoms with Crippen LogP contribution in [0, 0.1) is 13.8 Å². The average molecular weight is 297 g/mol. The van der Waals surface area contributed by atoms with Gasteiger partial charge in [-0.05, 0) is 37.1 Å². The first-order valence-electron chi connectivity index (χ1n) is 5.33. The van der Waals surface area contributed by atoms with Crippen LogP contribution < -0.4 is 4.74 Å². The van der Waals surface area contributed by atoms with Crippen molar-refractivity contribution in [2.45, 2.75) is 32.5 Å². The molecule has 1 aromatic carbocycles. The molecule has 0 heterocycles. The van der Waals surface area contributed by atoms with Crippen LogP contribution in [0.3, 0.4) is 0 Å². The van der Waals surface area contributed by atoms with Crippen LogP contribution in [0.2, 0.25) is 5.02 Å². The van der Waals surface area contributed by atoms with E-state index in [9.17, 15) is 18.0 Å². The summed E-state index contributed by atoms with van der Waals surface area (Å²) in [6, 6.07) is 2.69. The Kier molecular flexibility index (Phi) is 4.68. The molecule has 7 heteroatoms. The maximum Gasteiger partial charge on any atom is 0.425 e. The van der Waals surface area contributed by atoms with Crippen molar-refractivity contribution in [2.75, 3.05) is 0 Å². The molecular formula is C12H12ClF3O3. The van der Waals surface area contributed by atoms with Crippen molar-refractivity contribution >= 4 is 17.6 Å². The molecule has 0 saturated heterocycles. The molecule has 1 rings (SSSR count). The van der Waals surface area contributed by atoms with E-state index in [1.165, 1.54) is 12.1 Å². The first-order chi connectivity index (χ1) is 8.61. The van der Waals surface area contributed by atoms with Crippen molar-refractivity contribution in [3.63, 3.8) is 0 Å². The van der Waals surface area contributed by atoms with Crippen molar-refractivity contribution in [1.82, 2.24) is 0 Å². The van der Waals surface area contributed by atoms with Gasteiger partial charge in [0.2, 0.25) is 6.10 Å². The molecule has 0 fully saturated rings. The largest absolute Gasteiger partial charge is 0.481 e. The average Bonchev–Trinajstić information content (AvgIpc) is 2.23. The minimum atomic E-state index is -4.75. The van der Waals surface area contributed by atoms with Gasteiger partial charge in [0.1, 0.15) is 5.75 Å². The van der Waals surface area contributed by atoms with Crippen LogP contribution >= 0.6 is 11.6 Å². The summed E-state index contributed by atoms with van der Waals surface area (Å²) >= 11 is 5.89. The predicted octanol–water partition coefficient (Wildman–Crippen LogP) is 3.74. The highest BCUT2D eigenvalue weighted by molar-refractivity contribution is 6.32. The van der Waals surface area contributed by atoms with Gasteiger partial charge in [0.15, 0.2) is 0 Å². The summed E-state index contributed by atoms with van der Waals surface area (Å²) in [7, 11) is 0. The van der Waals surface area contributed by atoms with Crippen LogP contribution in [0.4, 0.5) is 13.2 Å². The van der Waals surface area contributed by atoms with Crippen molar-refractivity contribution in [3.05, 3.63) is 28.3 Å². The maximum atomic E-state index is 12.6. The first-order valence-corrected chi connectivity index (χ1v) is 5.71. The third-order valence-electron chi connectivity index (χ3n) is 2.41. The molecule has 19 heavy (non-hydrogen) atoms. The molecule has 0 aliphatic heterocycles. The molecule has 0 aliphatic carbocycles. The van der Waals surface area contributed by atoms with Gasteiger partial charge in [0.05, 0.1) is 6.42 Å². The van der Waals surface area contributed by atoms with E-state index in [0.29, 0.717) is 16.1 Å². The summed E-state index contributed by atoms with van der Waals surface area (Å²) < 4.78 is 42.6. The second-order valence-corrected chi connectivity index (χ2v) is 4.49. The molecule has 106 valence electrons. The third-order valence-corrected chi connectivity index (χ3v) is 3.01. The quantitative estimate of drug-likeness (QED) is 0.920. The molecule has 0 amide bonds. The summed E-state index contributed by atoms with van der Waals surface area (Å²) in [5.41, 5.74) is 1.13. The van der Waals surface area contributed by atoms with Crippen molar-refractivity contribution < 1.29 is 27.8 Å². The number of ether oxygens (including phenoxy) is 1. The molecule has 0 aliphatic rings. The number of aliphatic carboxylic acids is 1. The van der Waals surface area contributed by atoms with Gasteiger partial charge in [-0.25, -0.2) is 0 Å². The predicted molar refractivity (Wildman–Crippen MR) is 63.6 cm³/mol. The first kappa shape index (κ1) is 15.6. The summed E-state index contributed by atoms with van der Waals surface area (Å²) in [6.45, 7) is 3.25. The second kappa shape index (κ2) is 5.69. The van der Waals surface area contributed by atoms with Gasteiger partial charge in [-0.2, -0.15) is 13.2 Å². The third kappa shape index (κ3) is 4.31. The van der Waals surface area contributed by atoms with Crippen LogP contribution in [0.25, 0.3) is 0 Å². The number of rotatable bonds is 4. The number of alkyl halides is 3. The lowest BCUT2D eigenvalue weighted by molar-refractivity contribution is -0.200. The number of carboxylic acids is 1. The van der Waals surface area contributed by atoms with E-state index in [1.807, 2.05) is 0 Å². The van der Waals surface area contributed by atoms with Crippen LogP contribution in [-0.4, -0.2) is 23.4 Å². The molecule has 0 saturated carbocycles. The Morgan fingerprint density at radius 3 is 2.21 bits per heavy atom. The second-order valence-electron chi connectivity index (χ2n) is 4.12. The van der Waals surface area contributed by atoms with Crippen molar-refractivity contribution in [3.8, 4) is 5.75 Å². The van der Waals surface area contributed by atoms with Crippen LogP contribution in [-0.2, 0) is 4.79 Å². The fourth-order valence-corrected chi connectivity index (χ4v) is 1.63. The number of halogens is 4. The molecule has 3 nitrogen and oxygen atoms in total. The molecular weight excluding hydrogens is 285 g/mol. The molecule has 1 N–H and O–H groups in total. The number of carboxylic acid groups (broad SMARTS) is 1. The van der Waals surface area contributed by atoms with Crippen LogP contribution in [0.5, 0.6) is 5.75 Å². The highest BCUT2D eigenvalue weighted by Gasteiger charge is 2.43. The zero-order valence-corrected chi connectivity index (χ0v) is 11.0. The summed E-state index contributed by atoms with van der Waals surface area (Å²) in [5.74, 6) is -1.63. The highest BCUT2D eigenvalue weighted by atomic mass is 35.5. The van der Waals surface area contributed by atoms with E-state index in [1.54, 1.807) is 13.8 Å². The van der Waals surface area contributed by atoms with Gasteiger partial charge >= 0.3 is 12.1 Å². The summed E-state index contributed by atoms with van der Waals surface area (Å²) in [5, 5.41) is 8.92. The Hall–Kier alpha value is -1.43. The van der Waals surface area contributed by atoms with Crippen molar-refractivity contribution in [2.24, 2.45) is 0 Å². The van der Waals surface area contributed by atoms with E-state index in [-0.39, 0.29) is 5.75 Å². The van der Waals surface area contributed by atoms with E-state index >= 15 is 0 Å². The summed E-state index contributed by atoms with van der Waals surface area (Å²) in [6.07, 6.45) is -8.28. The van der Waals surface area contributed by atoms with Gasteiger partial charge in [0.25, 0.3) is 0 Å². The van der Waals surface area contributed by atoms with E-state index < -0.39 is 24.7 Å². The lowest BCUT2D eigenvalue weighted by Gasteiger charge is -2.21. The minimum absolute atomic E-state index is 0.0528. The molecule has 0 aromatic heterocycles. The maximum absolute atomic E-state index is 12.6. The Labute approximate surface area is 112 Å². The number of benzene rings is 1. The van der Waals surface area contributed by atoms with Gasteiger partial charge in [-0.15, -0.1) is 0 Å². The monoisotopic (exact) mass is 296 g/mol. The van der Waals surface area contributed by atoms with Crippen LogP contribution in [0.1, 0.15) is 17.5 Å². The van der Waals surface area contributed by atoms with E-state index in [2.05, 4.69) is 0 Å². The molecule has 0 radical (unpaired) electrons. The van der Waals surface area contributed by atoms with Crippen molar-refractivity contribution in [1.29, 1.82) is 0 Å². The van der Waals surface area contributed by atoms with Crippen LogP contribution in [0.15, 0.2) is 12.1 Å². The zero-order valence-electron chi connectivity index (χ0n) is 10.2. The normalized spacial score (nSPS) is 13.2. The lowest BCUT2D eigenvalue weighted by Crippen LogP contribution is -2.36. The topological polar surface area (TPSA) is 46.5 Å². The standard InChI is InChI=1S/C12H12ClF3O3/c1-6-3-8(4-7(2)11(6)13)19-9(5-10(17)18)12(14,15)16/h3-4,9H,5H2,1-2H3,(H,17,18). The highest BCUT2D eigenvalue weighted by Crippen LogP contribution is 2.31. The lowest BCUT2D eigenvalue weighted by atomic mass is 10.1. The molecule has 1 atom stereocenters. The number of carbonyl (C=O) groups is 1. The zero-order chi connectivity index (χ0) is 14.8. The van der Waals surface area contributed by atoms with Gasteiger partial charge in [-0.3, -0.25) is 4.79 Å². The fraction of sp³-hybridized carbons (Fsp3) is 0.417. The number of hydrogen-bond acceptors (Lipinski definition) is 2. The smallest absolute Gasteiger partial charge is 0.425 e. The van der Waals surface area contributed by atoms with E-state index in [4.69, 9.17) is 21.4 Å². The minimum Gasteiger partial charge on any atom is -0.481 e. The Bertz CT molecular complexity index is 463.